The van der Waals surface area contributed by atoms with E-state index in [1.807, 2.05) is 38.1 Å². The molecule has 0 atom stereocenters. The van der Waals surface area contributed by atoms with Gasteiger partial charge in [0, 0.05) is 39.1 Å². The van der Waals surface area contributed by atoms with Crippen LogP contribution in [-0.2, 0) is 16.4 Å². The zero-order chi connectivity index (χ0) is 23.4. The highest BCUT2D eigenvalue weighted by Gasteiger charge is 2.28. The van der Waals surface area contributed by atoms with Gasteiger partial charge in [-0.05, 0) is 50.2 Å². The fourth-order valence-corrected chi connectivity index (χ4v) is 5.29. The molecule has 0 N–H and O–H groups in total. The number of hydrogen-bond acceptors (Lipinski definition) is 7. The number of fused-ring (bicyclic) bond motifs is 1. The Hall–Kier alpha value is -2.75. The van der Waals surface area contributed by atoms with Gasteiger partial charge in [0.2, 0.25) is 15.9 Å². The lowest BCUT2D eigenvalue weighted by Crippen LogP contribution is -2.49. The molecule has 3 aromatic rings. The average molecular weight is 471 g/mol. The summed E-state index contributed by atoms with van der Waals surface area (Å²) in [5.74, 6) is 1.98. The molecule has 0 spiro atoms. The number of para-hydroxylation sites is 1. The highest BCUT2D eigenvalue weighted by atomic mass is 32.2. The number of piperazine rings is 1. The molecule has 0 aliphatic carbocycles. The Kier molecular flexibility index (Phi) is 7.11. The molecule has 1 aliphatic heterocycles. The molecule has 9 heteroatoms. The summed E-state index contributed by atoms with van der Waals surface area (Å²) in [7, 11) is -1.95. The minimum Gasteiger partial charge on any atom is -0.497 e. The predicted octanol–water partition coefficient (Wildman–Crippen LogP) is 2.97. The van der Waals surface area contributed by atoms with Gasteiger partial charge in [0.05, 0.1) is 29.0 Å². The summed E-state index contributed by atoms with van der Waals surface area (Å²) in [6.45, 7) is 6.96. The van der Waals surface area contributed by atoms with Crippen LogP contribution in [0.4, 0.5) is 0 Å². The van der Waals surface area contributed by atoms with Gasteiger partial charge >= 0.3 is 0 Å². The molecule has 2 heterocycles. The first-order valence-corrected chi connectivity index (χ1v) is 12.6. The number of sulfonamides is 1. The summed E-state index contributed by atoms with van der Waals surface area (Å²) in [5, 5.41) is 0.910. The Balaban J connectivity index is 1.38. The summed E-state index contributed by atoms with van der Waals surface area (Å²) in [5.41, 5.74) is 0.869. The monoisotopic (exact) mass is 470 g/mol. The summed E-state index contributed by atoms with van der Waals surface area (Å²) in [6, 6.07) is 14.4. The highest BCUT2D eigenvalue weighted by molar-refractivity contribution is 7.89. The molecule has 8 nitrogen and oxygen atoms in total. The van der Waals surface area contributed by atoms with Crippen molar-refractivity contribution in [3.63, 3.8) is 0 Å². The number of nitrogens with zero attached hydrogens (tertiary/aromatic N) is 4. The normalized spacial score (nSPS) is 15.8. The quantitative estimate of drug-likeness (QED) is 0.500. The van der Waals surface area contributed by atoms with E-state index in [1.54, 1.807) is 35.7 Å². The zero-order valence-electron chi connectivity index (χ0n) is 19.3. The first kappa shape index (κ1) is 23.4. The zero-order valence-corrected chi connectivity index (χ0v) is 20.1. The molecule has 176 valence electrons. The van der Waals surface area contributed by atoms with Crippen molar-refractivity contribution < 1.29 is 17.9 Å². The number of ether oxygens (including phenoxy) is 2. The van der Waals surface area contributed by atoms with E-state index in [0.717, 1.165) is 23.3 Å². The molecule has 0 saturated carbocycles. The third kappa shape index (κ3) is 5.43. The molecule has 2 aromatic carbocycles. The van der Waals surface area contributed by atoms with Gasteiger partial charge in [0.15, 0.2) is 0 Å². The van der Waals surface area contributed by atoms with Crippen LogP contribution in [0.15, 0.2) is 53.4 Å². The Morgan fingerprint density at radius 2 is 1.67 bits per heavy atom. The minimum absolute atomic E-state index is 0.0249. The maximum Gasteiger partial charge on any atom is 0.243 e. The molecule has 0 radical (unpaired) electrons. The van der Waals surface area contributed by atoms with E-state index >= 15 is 0 Å². The van der Waals surface area contributed by atoms with Crippen molar-refractivity contribution >= 4 is 20.9 Å². The van der Waals surface area contributed by atoms with Gasteiger partial charge in [0.25, 0.3) is 0 Å². The number of rotatable bonds is 8. The Labute approximate surface area is 195 Å². The summed E-state index contributed by atoms with van der Waals surface area (Å²) >= 11 is 0. The fraction of sp³-hybridized carbons (Fsp3) is 0.417. The van der Waals surface area contributed by atoms with E-state index in [9.17, 15) is 8.42 Å². The van der Waals surface area contributed by atoms with Crippen LogP contribution in [0.3, 0.4) is 0 Å². The Morgan fingerprint density at radius 3 is 2.33 bits per heavy atom. The van der Waals surface area contributed by atoms with E-state index in [1.165, 1.54) is 0 Å². The summed E-state index contributed by atoms with van der Waals surface area (Å²) in [4.78, 5) is 11.9. The Morgan fingerprint density at radius 1 is 0.970 bits per heavy atom. The van der Waals surface area contributed by atoms with E-state index in [2.05, 4.69) is 9.88 Å². The first-order chi connectivity index (χ1) is 15.9. The van der Waals surface area contributed by atoms with Crippen molar-refractivity contribution in [2.45, 2.75) is 31.3 Å². The molecular weight excluding hydrogens is 440 g/mol. The highest BCUT2D eigenvalue weighted by Crippen LogP contribution is 2.24. The van der Waals surface area contributed by atoms with Crippen molar-refractivity contribution in [2.75, 3.05) is 39.8 Å². The van der Waals surface area contributed by atoms with Crippen LogP contribution < -0.4 is 9.47 Å². The maximum atomic E-state index is 13.0. The molecule has 0 unspecified atom stereocenters. The lowest BCUT2D eigenvalue weighted by Gasteiger charge is -2.33. The molecule has 33 heavy (non-hydrogen) atoms. The summed E-state index contributed by atoms with van der Waals surface area (Å²) < 4.78 is 38.5. The second kappa shape index (κ2) is 10.0. The van der Waals surface area contributed by atoms with Crippen molar-refractivity contribution in [1.82, 2.24) is 19.2 Å². The van der Waals surface area contributed by atoms with E-state index in [0.29, 0.717) is 49.1 Å². The van der Waals surface area contributed by atoms with Crippen molar-refractivity contribution in [2.24, 2.45) is 0 Å². The molecule has 0 bridgehead atoms. The van der Waals surface area contributed by atoms with Crippen LogP contribution in [0.2, 0.25) is 0 Å². The van der Waals surface area contributed by atoms with E-state index in [-0.39, 0.29) is 6.10 Å². The third-order valence-corrected chi connectivity index (χ3v) is 7.55. The predicted molar refractivity (Wildman–Crippen MR) is 127 cm³/mol. The van der Waals surface area contributed by atoms with Crippen LogP contribution in [0, 0.1) is 0 Å². The van der Waals surface area contributed by atoms with Gasteiger partial charge in [-0.15, -0.1) is 0 Å². The summed E-state index contributed by atoms with van der Waals surface area (Å²) in [6.07, 6.45) is 0.696. The lowest BCUT2D eigenvalue weighted by atomic mass is 10.2. The van der Waals surface area contributed by atoms with Crippen LogP contribution >= 0.6 is 0 Å². The van der Waals surface area contributed by atoms with Gasteiger partial charge in [0.1, 0.15) is 11.6 Å². The number of methoxy groups -OCH3 is 1. The van der Waals surface area contributed by atoms with Gasteiger partial charge in [-0.1, -0.05) is 12.1 Å². The lowest BCUT2D eigenvalue weighted by molar-refractivity contribution is 0.189. The van der Waals surface area contributed by atoms with Crippen LogP contribution in [-0.4, -0.2) is 73.5 Å². The number of benzene rings is 2. The largest absolute Gasteiger partial charge is 0.497 e. The van der Waals surface area contributed by atoms with Gasteiger partial charge in [-0.3, -0.25) is 0 Å². The molecule has 1 aliphatic rings. The SMILES string of the molecule is COc1ccc(S(=O)(=O)N2CCN(CCc3nc(OC(C)C)c4ccccc4n3)CC2)cc1. The molecule has 1 saturated heterocycles. The van der Waals surface area contributed by atoms with Gasteiger partial charge < -0.3 is 14.4 Å². The Bertz CT molecular complexity index is 1190. The topological polar surface area (TPSA) is 84.9 Å². The standard InChI is InChI=1S/C24H30N4O4S/c1-18(2)32-24-21-6-4-5-7-22(21)25-23(26-24)12-13-27-14-16-28(17-15-27)33(29,30)20-10-8-19(31-3)9-11-20/h4-11,18H,12-17H2,1-3H3. The molecule has 0 amide bonds. The first-order valence-electron chi connectivity index (χ1n) is 11.2. The second-order valence-corrected chi connectivity index (χ2v) is 10.2. The maximum absolute atomic E-state index is 13.0. The molecule has 4 rings (SSSR count). The fourth-order valence-electron chi connectivity index (χ4n) is 3.87. The van der Waals surface area contributed by atoms with Crippen LogP contribution in [0.5, 0.6) is 11.6 Å². The second-order valence-electron chi connectivity index (χ2n) is 8.30. The molecule has 1 fully saturated rings. The molecule has 1 aromatic heterocycles. The third-order valence-electron chi connectivity index (χ3n) is 5.64. The number of aromatic nitrogens is 2. The smallest absolute Gasteiger partial charge is 0.243 e. The minimum atomic E-state index is -3.51. The average Bonchev–Trinajstić information content (AvgIpc) is 2.82. The number of hydrogen-bond donors (Lipinski definition) is 0. The van der Waals surface area contributed by atoms with Gasteiger partial charge in [-0.25, -0.2) is 13.4 Å². The van der Waals surface area contributed by atoms with Crippen LogP contribution in [0.25, 0.3) is 10.9 Å². The van der Waals surface area contributed by atoms with Gasteiger partial charge in [-0.2, -0.15) is 9.29 Å². The van der Waals surface area contributed by atoms with Crippen molar-refractivity contribution in [3.05, 3.63) is 54.4 Å². The van der Waals surface area contributed by atoms with E-state index in [4.69, 9.17) is 14.5 Å². The van der Waals surface area contributed by atoms with E-state index < -0.39 is 10.0 Å². The molecular formula is C24H30N4O4S. The van der Waals surface area contributed by atoms with Crippen molar-refractivity contribution in [1.29, 1.82) is 0 Å². The van der Waals surface area contributed by atoms with Crippen molar-refractivity contribution in [3.8, 4) is 11.6 Å². The van der Waals surface area contributed by atoms with Crippen LogP contribution in [0.1, 0.15) is 19.7 Å².